The lowest BCUT2D eigenvalue weighted by Gasteiger charge is -2.41. The summed E-state index contributed by atoms with van der Waals surface area (Å²) in [6.45, 7) is 1.05. The second kappa shape index (κ2) is 10.8. The van der Waals surface area contributed by atoms with Gasteiger partial charge < -0.3 is 4.74 Å². The summed E-state index contributed by atoms with van der Waals surface area (Å²) in [6.07, 6.45) is 3.36. The first kappa shape index (κ1) is 23.2. The maximum absolute atomic E-state index is 6.82. The zero-order valence-electron chi connectivity index (χ0n) is 20.4. The molecule has 0 N–H and O–H groups in total. The smallest absolute Gasteiger partial charge is 0.202 e. The Kier molecular flexibility index (Phi) is 6.94. The first-order valence-electron chi connectivity index (χ1n) is 12.9. The number of nitrogens with zero attached hydrogens (tertiary/aromatic N) is 2. The largest absolute Gasteiger partial charge is 0.469 e. The van der Waals surface area contributed by atoms with Gasteiger partial charge in [0.1, 0.15) is 6.04 Å². The summed E-state index contributed by atoms with van der Waals surface area (Å²) in [6, 6.07) is 43.3. The highest BCUT2D eigenvalue weighted by molar-refractivity contribution is 7.70. The minimum absolute atomic E-state index is 0.0351. The van der Waals surface area contributed by atoms with Crippen LogP contribution >= 0.6 is 8.07 Å². The minimum atomic E-state index is -0.689. The Morgan fingerprint density at radius 2 is 1.17 bits per heavy atom. The van der Waals surface area contributed by atoms with Crippen LogP contribution in [-0.4, -0.2) is 23.2 Å². The van der Waals surface area contributed by atoms with E-state index in [-0.39, 0.29) is 18.2 Å². The standard InChI is InChI=1S/C32H31N2OP/c1-5-15-25(16-6-1)30-31(26-17-7-2-8-18-26)35-32(33-30)29-23-13-14-24-34(29)36(27-19-9-3-10-20-27)28-21-11-4-12-22-28/h1-12,15-22,29-31H,13-14,23-24H2/t29-,30-,31+/m0/s1. The van der Waals surface area contributed by atoms with Gasteiger partial charge in [0.05, 0.1) is 6.04 Å². The van der Waals surface area contributed by atoms with Crippen LogP contribution in [0.5, 0.6) is 0 Å². The van der Waals surface area contributed by atoms with Crippen LogP contribution in [0.4, 0.5) is 0 Å². The third kappa shape index (κ3) is 4.74. The molecule has 2 aliphatic heterocycles. The van der Waals surface area contributed by atoms with Crippen LogP contribution in [0.25, 0.3) is 0 Å². The van der Waals surface area contributed by atoms with Gasteiger partial charge in [-0.05, 0) is 34.6 Å². The second-order valence-electron chi connectivity index (χ2n) is 9.43. The van der Waals surface area contributed by atoms with Crippen molar-refractivity contribution in [3.05, 3.63) is 132 Å². The van der Waals surface area contributed by atoms with Crippen LogP contribution in [0.3, 0.4) is 0 Å². The maximum Gasteiger partial charge on any atom is 0.202 e. The van der Waals surface area contributed by atoms with Crippen molar-refractivity contribution in [1.82, 2.24) is 4.67 Å². The zero-order valence-corrected chi connectivity index (χ0v) is 21.3. The van der Waals surface area contributed by atoms with Crippen molar-refractivity contribution >= 4 is 24.6 Å². The molecule has 0 amide bonds. The van der Waals surface area contributed by atoms with E-state index < -0.39 is 8.07 Å². The van der Waals surface area contributed by atoms with Gasteiger partial charge in [0.2, 0.25) is 5.90 Å². The van der Waals surface area contributed by atoms with E-state index in [1.165, 1.54) is 34.6 Å². The summed E-state index contributed by atoms with van der Waals surface area (Å²) in [5.41, 5.74) is 2.39. The van der Waals surface area contributed by atoms with E-state index in [0.29, 0.717) is 0 Å². The molecule has 0 radical (unpaired) electrons. The van der Waals surface area contributed by atoms with Crippen molar-refractivity contribution in [2.75, 3.05) is 6.54 Å². The molecule has 0 saturated carbocycles. The monoisotopic (exact) mass is 490 g/mol. The maximum atomic E-state index is 6.82. The number of piperidine rings is 1. The lowest BCUT2D eigenvalue weighted by Crippen LogP contribution is -2.45. The molecule has 6 rings (SSSR count). The quantitative estimate of drug-likeness (QED) is 0.278. The predicted molar refractivity (Wildman–Crippen MR) is 150 cm³/mol. The summed E-state index contributed by atoms with van der Waals surface area (Å²) >= 11 is 0. The van der Waals surface area contributed by atoms with E-state index in [1.807, 2.05) is 0 Å². The third-order valence-corrected chi connectivity index (χ3v) is 9.66. The number of ether oxygens (including phenoxy) is 1. The van der Waals surface area contributed by atoms with Crippen molar-refractivity contribution in [1.29, 1.82) is 0 Å². The molecule has 0 unspecified atom stereocenters. The lowest BCUT2D eigenvalue weighted by molar-refractivity contribution is 0.173. The highest BCUT2D eigenvalue weighted by atomic mass is 31.1. The van der Waals surface area contributed by atoms with E-state index in [4.69, 9.17) is 9.73 Å². The fraction of sp³-hybridized carbons (Fsp3) is 0.219. The molecule has 3 nitrogen and oxygen atoms in total. The average molecular weight is 491 g/mol. The van der Waals surface area contributed by atoms with Crippen molar-refractivity contribution in [2.45, 2.75) is 37.5 Å². The van der Waals surface area contributed by atoms with Gasteiger partial charge in [0.15, 0.2) is 6.10 Å². The third-order valence-electron chi connectivity index (χ3n) is 7.09. The van der Waals surface area contributed by atoms with Crippen LogP contribution in [0, 0.1) is 0 Å². The van der Waals surface area contributed by atoms with Gasteiger partial charge in [0.25, 0.3) is 0 Å². The Bertz CT molecular complexity index is 1240. The fourth-order valence-electron chi connectivity index (χ4n) is 5.38. The first-order chi connectivity index (χ1) is 17.9. The van der Waals surface area contributed by atoms with E-state index in [9.17, 15) is 0 Å². The topological polar surface area (TPSA) is 24.8 Å². The van der Waals surface area contributed by atoms with Gasteiger partial charge in [-0.1, -0.05) is 128 Å². The normalized spacial score (nSPS) is 22.2. The van der Waals surface area contributed by atoms with Crippen molar-refractivity contribution in [2.24, 2.45) is 4.99 Å². The van der Waals surface area contributed by atoms with Gasteiger partial charge in [-0.15, -0.1) is 0 Å². The molecule has 2 aliphatic rings. The van der Waals surface area contributed by atoms with E-state index in [0.717, 1.165) is 18.9 Å². The van der Waals surface area contributed by atoms with Crippen LogP contribution in [0.1, 0.15) is 42.5 Å². The molecule has 0 bridgehead atoms. The van der Waals surface area contributed by atoms with E-state index >= 15 is 0 Å². The molecule has 36 heavy (non-hydrogen) atoms. The number of benzene rings is 4. The Hall–Kier alpha value is -3.26. The van der Waals surface area contributed by atoms with Gasteiger partial charge in [0, 0.05) is 14.6 Å². The molecule has 0 aliphatic carbocycles. The molecule has 3 atom stereocenters. The zero-order chi connectivity index (χ0) is 24.2. The predicted octanol–water partition coefficient (Wildman–Crippen LogP) is 6.80. The molecule has 0 spiro atoms. The van der Waals surface area contributed by atoms with Crippen LogP contribution < -0.4 is 10.6 Å². The van der Waals surface area contributed by atoms with Gasteiger partial charge in [-0.2, -0.15) is 0 Å². The Morgan fingerprint density at radius 1 is 0.639 bits per heavy atom. The summed E-state index contributed by atoms with van der Waals surface area (Å²) in [4.78, 5) is 5.32. The molecule has 1 fully saturated rings. The van der Waals surface area contributed by atoms with Crippen LogP contribution in [0.15, 0.2) is 126 Å². The Morgan fingerprint density at radius 3 is 1.75 bits per heavy atom. The SMILES string of the molecule is c1ccc([C@H]2OC([C@@H]3CCCCN3P(c3ccccc3)c3ccccc3)=N[C@H]2c2ccccc2)cc1. The summed E-state index contributed by atoms with van der Waals surface area (Å²) in [7, 11) is -0.689. The van der Waals surface area contributed by atoms with Crippen LogP contribution in [0.2, 0.25) is 0 Å². The molecule has 0 aromatic heterocycles. The molecule has 1 saturated heterocycles. The van der Waals surface area contributed by atoms with Crippen molar-refractivity contribution in [3.8, 4) is 0 Å². The first-order valence-corrected chi connectivity index (χ1v) is 14.2. The van der Waals surface area contributed by atoms with Crippen LogP contribution in [-0.2, 0) is 4.74 Å². The van der Waals surface area contributed by atoms with Gasteiger partial charge in [-0.25, -0.2) is 4.99 Å². The fourth-order valence-corrected chi connectivity index (χ4v) is 8.01. The van der Waals surface area contributed by atoms with Crippen molar-refractivity contribution in [3.63, 3.8) is 0 Å². The highest BCUT2D eigenvalue weighted by Crippen LogP contribution is 2.47. The molecule has 180 valence electrons. The molecular formula is C32H31N2OP. The van der Waals surface area contributed by atoms with Gasteiger partial charge in [-0.3, -0.25) is 4.67 Å². The number of hydrogen-bond donors (Lipinski definition) is 0. The average Bonchev–Trinajstić information content (AvgIpc) is 3.41. The van der Waals surface area contributed by atoms with E-state index in [1.54, 1.807) is 0 Å². The molecular weight excluding hydrogens is 459 g/mol. The molecule has 2 heterocycles. The van der Waals surface area contributed by atoms with Crippen molar-refractivity contribution < 1.29 is 4.74 Å². The second-order valence-corrected chi connectivity index (χ2v) is 11.6. The number of rotatable bonds is 6. The highest BCUT2D eigenvalue weighted by Gasteiger charge is 2.41. The summed E-state index contributed by atoms with van der Waals surface area (Å²) in [5.74, 6) is 0.900. The molecule has 4 heteroatoms. The number of hydrogen-bond acceptors (Lipinski definition) is 3. The Balaban J connectivity index is 1.40. The molecule has 4 aromatic carbocycles. The van der Waals surface area contributed by atoms with E-state index in [2.05, 4.69) is 126 Å². The van der Waals surface area contributed by atoms with Gasteiger partial charge >= 0.3 is 0 Å². The summed E-state index contributed by atoms with van der Waals surface area (Å²) in [5, 5.41) is 2.76. The Labute approximate surface area is 215 Å². The lowest BCUT2D eigenvalue weighted by atomic mass is 9.97. The minimum Gasteiger partial charge on any atom is -0.469 e. The number of aliphatic imine (C=N–C) groups is 1. The molecule has 4 aromatic rings. The summed E-state index contributed by atoms with van der Waals surface area (Å²) < 4.78 is 9.52.